The summed E-state index contributed by atoms with van der Waals surface area (Å²) in [6.45, 7) is 7.79. The van der Waals surface area contributed by atoms with E-state index in [0.717, 1.165) is 47.6 Å². The highest BCUT2D eigenvalue weighted by atomic mass is 16.6. The molecular weight excluding hydrogens is 378 g/mol. The number of rotatable bonds is 13. The molecule has 0 N–H and O–H groups in total. The van der Waals surface area contributed by atoms with Crippen LogP contribution in [0.3, 0.4) is 0 Å². The van der Waals surface area contributed by atoms with Crippen molar-refractivity contribution in [2.24, 2.45) is 5.16 Å². The molecule has 0 fully saturated rings. The van der Waals surface area contributed by atoms with E-state index in [4.69, 9.17) is 14.2 Å². The van der Waals surface area contributed by atoms with Crippen LogP contribution >= 0.6 is 0 Å². The first-order chi connectivity index (χ1) is 14.6. The summed E-state index contributed by atoms with van der Waals surface area (Å²) >= 11 is 0. The van der Waals surface area contributed by atoms with Crippen LogP contribution in [0, 0.1) is 13.8 Å². The third kappa shape index (κ3) is 8.19. The fourth-order valence-electron chi connectivity index (χ4n) is 3.10. The highest BCUT2D eigenvalue weighted by Crippen LogP contribution is 2.28. The summed E-state index contributed by atoms with van der Waals surface area (Å²) in [6.07, 6.45) is 8.60. The molecule has 0 bridgehead atoms. The first-order valence-corrected chi connectivity index (χ1v) is 10.4. The van der Waals surface area contributed by atoms with Gasteiger partial charge in [0.2, 0.25) is 0 Å². The summed E-state index contributed by atoms with van der Waals surface area (Å²) in [7, 11) is 1.51. The molecule has 0 atom stereocenters. The van der Waals surface area contributed by atoms with E-state index in [2.05, 4.69) is 36.0 Å². The highest BCUT2D eigenvalue weighted by Gasteiger charge is 2.07. The van der Waals surface area contributed by atoms with Crippen LogP contribution < -0.4 is 14.2 Å². The van der Waals surface area contributed by atoms with Crippen molar-refractivity contribution in [3.05, 3.63) is 65.2 Å². The Morgan fingerprint density at radius 3 is 2.40 bits per heavy atom. The van der Waals surface area contributed by atoms with Gasteiger partial charge >= 0.3 is 0 Å². The number of benzene rings is 2. The number of aryl methyl sites for hydroxylation is 3. The van der Waals surface area contributed by atoms with Crippen molar-refractivity contribution in [3.8, 4) is 17.2 Å². The third-order valence-electron chi connectivity index (χ3n) is 4.52. The molecule has 0 spiro atoms. The van der Waals surface area contributed by atoms with Gasteiger partial charge in [-0.3, -0.25) is 0 Å². The number of nitrogens with zero attached hydrogens (tertiary/aromatic N) is 1. The summed E-state index contributed by atoms with van der Waals surface area (Å²) < 4.78 is 17.4. The molecular formula is C25H33NO4. The zero-order chi connectivity index (χ0) is 21.6. The van der Waals surface area contributed by atoms with Gasteiger partial charge in [0.05, 0.1) is 12.8 Å². The van der Waals surface area contributed by atoms with Crippen LogP contribution in [0.5, 0.6) is 17.2 Å². The highest BCUT2D eigenvalue weighted by molar-refractivity contribution is 5.58. The standard InChI is InChI=1S/C25H33NO4/c1-5-6-14-28-24-17-20(2)25(21(3)18-24)30-15-8-7-10-22-11-9-12-23(19-22)29-16-13-26-27-4/h5-6,9,11-13,17-19H,7-8,10,14-16H2,1-4H3/b6-5+,26-13?. The van der Waals surface area contributed by atoms with E-state index in [1.54, 1.807) is 6.21 Å². The second kappa shape index (κ2) is 13.3. The molecule has 0 aliphatic carbocycles. The molecule has 0 radical (unpaired) electrons. The molecule has 0 heterocycles. The fourth-order valence-corrected chi connectivity index (χ4v) is 3.10. The van der Waals surface area contributed by atoms with Gasteiger partial charge < -0.3 is 19.0 Å². The van der Waals surface area contributed by atoms with E-state index in [0.29, 0.717) is 19.8 Å². The lowest BCUT2D eigenvalue weighted by Gasteiger charge is -2.14. The SMILES string of the molecule is C/C=C/COc1cc(C)c(OCCCCc2cccc(OCC=NOC)c2)c(C)c1. The summed E-state index contributed by atoms with van der Waals surface area (Å²) in [5, 5.41) is 3.66. The Kier molecular flexibility index (Phi) is 10.3. The van der Waals surface area contributed by atoms with Crippen molar-refractivity contribution in [1.82, 2.24) is 0 Å². The van der Waals surface area contributed by atoms with E-state index in [9.17, 15) is 0 Å². The van der Waals surface area contributed by atoms with Crippen LogP contribution in [0.4, 0.5) is 0 Å². The zero-order valence-electron chi connectivity index (χ0n) is 18.5. The van der Waals surface area contributed by atoms with Crippen LogP contribution in [0.2, 0.25) is 0 Å². The Hall–Kier alpha value is -2.95. The maximum atomic E-state index is 6.07. The molecule has 30 heavy (non-hydrogen) atoms. The Morgan fingerprint density at radius 2 is 1.67 bits per heavy atom. The number of hydrogen-bond donors (Lipinski definition) is 0. The van der Waals surface area contributed by atoms with E-state index in [-0.39, 0.29) is 0 Å². The predicted octanol–water partition coefficient (Wildman–Crippen LogP) is 5.67. The lowest BCUT2D eigenvalue weighted by molar-refractivity contribution is 0.212. The molecule has 2 aromatic rings. The summed E-state index contributed by atoms with van der Waals surface area (Å²) in [5.41, 5.74) is 3.46. The number of unbranched alkanes of at least 4 members (excludes halogenated alkanes) is 1. The summed E-state index contributed by atoms with van der Waals surface area (Å²) in [6, 6.07) is 12.2. The predicted molar refractivity (Wildman–Crippen MR) is 122 cm³/mol. The molecule has 5 heteroatoms. The van der Waals surface area contributed by atoms with Gasteiger partial charge in [0.1, 0.15) is 37.6 Å². The van der Waals surface area contributed by atoms with Crippen LogP contribution in [0.1, 0.15) is 36.5 Å². The van der Waals surface area contributed by atoms with Gasteiger partial charge in [-0.05, 0) is 81.0 Å². The molecule has 0 unspecified atom stereocenters. The lowest BCUT2D eigenvalue weighted by Crippen LogP contribution is -2.03. The average molecular weight is 412 g/mol. The van der Waals surface area contributed by atoms with Gasteiger partial charge in [0, 0.05) is 0 Å². The molecule has 0 saturated heterocycles. The topological polar surface area (TPSA) is 49.3 Å². The monoisotopic (exact) mass is 411 g/mol. The van der Waals surface area contributed by atoms with Crippen LogP contribution in [-0.2, 0) is 11.3 Å². The van der Waals surface area contributed by atoms with E-state index in [1.807, 2.05) is 43.3 Å². The van der Waals surface area contributed by atoms with Gasteiger partial charge in [-0.1, -0.05) is 29.4 Å². The molecule has 162 valence electrons. The van der Waals surface area contributed by atoms with Crippen molar-refractivity contribution < 1.29 is 19.0 Å². The minimum absolute atomic E-state index is 0.392. The quantitative estimate of drug-likeness (QED) is 0.184. The molecule has 0 saturated carbocycles. The largest absolute Gasteiger partial charge is 0.493 e. The Balaban J connectivity index is 1.75. The van der Waals surface area contributed by atoms with E-state index < -0.39 is 0 Å². The van der Waals surface area contributed by atoms with E-state index in [1.165, 1.54) is 12.7 Å². The van der Waals surface area contributed by atoms with Crippen molar-refractivity contribution in [2.45, 2.75) is 40.0 Å². The summed E-state index contributed by atoms with van der Waals surface area (Å²) in [4.78, 5) is 4.62. The summed E-state index contributed by atoms with van der Waals surface area (Å²) in [5.74, 6) is 2.68. The van der Waals surface area contributed by atoms with Crippen molar-refractivity contribution in [2.75, 3.05) is 26.9 Å². The second-order valence-corrected chi connectivity index (χ2v) is 7.00. The van der Waals surface area contributed by atoms with Crippen LogP contribution in [-0.4, -0.2) is 33.1 Å². The molecule has 0 aromatic heterocycles. The minimum Gasteiger partial charge on any atom is -0.493 e. The maximum absolute atomic E-state index is 6.07. The third-order valence-corrected chi connectivity index (χ3v) is 4.52. The molecule has 0 aliphatic heterocycles. The normalized spacial score (nSPS) is 11.2. The molecule has 2 aromatic carbocycles. The zero-order valence-corrected chi connectivity index (χ0v) is 18.5. The fraction of sp³-hybridized carbons (Fsp3) is 0.400. The molecule has 2 rings (SSSR count). The van der Waals surface area contributed by atoms with Crippen molar-refractivity contribution >= 4 is 6.21 Å². The number of oxime groups is 1. The van der Waals surface area contributed by atoms with Crippen LogP contribution in [0.15, 0.2) is 53.7 Å². The van der Waals surface area contributed by atoms with Crippen molar-refractivity contribution in [3.63, 3.8) is 0 Å². The number of ether oxygens (including phenoxy) is 3. The molecule has 0 aliphatic rings. The maximum Gasteiger partial charge on any atom is 0.127 e. The lowest BCUT2D eigenvalue weighted by atomic mass is 10.1. The number of allylic oxidation sites excluding steroid dienone is 1. The molecule has 0 amide bonds. The van der Waals surface area contributed by atoms with E-state index >= 15 is 0 Å². The number of hydrogen-bond acceptors (Lipinski definition) is 5. The second-order valence-electron chi connectivity index (χ2n) is 7.00. The van der Waals surface area contributed by atoms with Gasteiger partial charge in [0.15, 0.2) is 0 Å². The van der Waals surface area contributed by atoms with Crippen LogP contribution in [0.25, 0.3) is 0 Å². The van der Waals surface area contributed by atoms with Gasteiger partial charge in [-0.25, -0.2) is 0 Å². The first-order valence-electron chi connectivity index (χ1n) is 10.4. The Bertz CT molecular complexity index is 807. The Morgan fingerprint density at radius 1 is 0.900 bits per heavy atom. The smallest absolute Gasteiger partial charge is 0.127 e. The average Bonchev–Trinajstić information content (AvgIpc) is 2.73. The van der Waals surface area contributed by atoms with Crippen molar-refractivity contribution in [1.29, 1.82) is 0 Å². The molecule has 5 nitrogen and oxygen atoms in total. The minimum atomic E-state index is 0.392. The van der Waals surface area contributed by atoms with Gasteiger partial charge in [-0.2, -0.15) is 0 Å². The first kappa shape index (κ1) is 23.3. The Labute approximate surface area is 180 Å². The van der Waals surface area contributed by atoms with Gasteiger partial charge in [0.25, 0.3) is 0 Å². The van der Waals surface area contributed by atoms with Gasteiger partial charge in [-0.15, -0.1) is 0 Å².